The van der Waals surface area contributed by atoms with Gasteiger partial charge in [0.15, 0.2) is 0 Å². The van der Waals surface area contributed by atoms with E-state index in [0.717, 1.165) is 0 Å². The minimum absolute atomic E-state index is 0.174. The molecule has 0 saturated heterocycles. The number of ether oxygens (including phenoxy) is 2. The molecule has 1 aromatic heterocycles. The van der Waals surface area contributed by atoms with Gasteiger partial charge >= 0.3 is 5.97 Å². The zero-order valence-electron chi connectivity index (χ0n) is 15.3. The van der Waals surface area contributed by atoms with Crippen LogP contribution in [0.25, 0.3) is 10.9 Å². The molecular weight excluding hydrogens is 402 g/mol. The van der Waals surface area contributed by atoms with Crippen molar-refractivity contribution in [1.29, 1.82) is 0 Å². The molecule has 0 fully saturated rings. The first-order valence-electron chi connectivity index (χ1n) is 8.77. The molecule has 8 heteroatoms. The predicted molar refractivity (Wildman–Crippen MR) is 107 cm³/mol. The van der Waals surface area contributed by atoms with Crippen LogP contribution in [0.5, 0.6) is 0 Å². The molecule has 0 aliphatic rings. The molecule has 0 atom stereocenters. The highest BCUT2D eigenvalue weighted by molar-refractivity contribution is 7.90. The van der Waals surface area contributed by atoms with Crippen molar-refractivity contribution in [1.82, 2.24) is 3.97 Å². The Morgan fingerprint density at radius 2 is 1.86 bits per heavy atom. The summed E-state index contributed by atoms with van der Waals surface area (Å²) < 4.78 is 38.0. The number of carbonyl (C=O) groups excluding carboxylic acids is 1. The van der Waals surface area contributed by atoms with E-state index in [0.29, 0.717) is 28.0 Å². The van der Waals surface area contributed by atoms with Crippen molar-refractivity contribution < 1.29 is 22.7 Å². The number of fused-ring (bicyclic) bond motifs is 1. The van der Waals surface area contributed by atoms with Crippen molar-refractivity contribution in [2.75, 3.05) is 19.8 Å². The minimum atomic E-state index is -3.80. The summed E-state index contributed by atoms with van der Waals surface area (Å²) in [5.41, 5.74) is 1.08. The molecule has 1 heterocycles. The Balaban J connectivity index is 1.94. The number of benzene rings is 2. The molecule has 0 N–H and O–H groups in total. The van der Waals surface area contributed by atoms with Gasteiger partial charge in [0, 0.05) is 22.5 Å². The van der Waals surface area contributed by atoms with Gasteiger partial charge in [-0.1, -0.05) is 29.8 Å². The summed E-state index contributed by atoms with van der Waals surface area (Å²) in [6.07, 6.45) is 0.303. The van der Waals surface area contributed by atoms with E-state index in [4.69, 9.17) is 21.1 Å². The van der Waals surface area contributed by atoms with Crippen molar-refractivity contribution in [2.45, 2.75) is 18.2 Å². The number of rotatable bonds is 8. The fourth-order valence-corrected chi connectivity index (χ4v) is 4.68. The monoisotopic (exact) mass is 421 g/mol. The summed E-state index contributed by atoms with van der Waals surface area (Å²) in [5, 5.41) is 1.24. The van der Waals surface area contributed by atoms with Crippen LogP contribution in [0.3, 0.4) is 0 Å². The van der Waals surface area contributed by atoms with Crippen molar-refractivity contribution in [3.8, 4) is 0 Å². The number of hydrogen-bond donors (Lipinski definition) is 0. The highest BCUT2D eigenvalue weighted by Gasteiger charge is 2.23. The van der Waals surface area contributed by atoms with Crippen LogP contribution in [0.2, 0.25) is 5.02 Å². The summed E-state index contributed by atoms with van der Waals surface area (Å²) in [6, 6.07) is 15.1. The molecule has 3 rings (SSSR count). The zero-order chi connectivity index (χ0) is 20.1. The quantitative estimate of drug-likeness (QED) is 0.410. The first kappa shape index (κ1) is 20.4. The SMILES string of the molecule is CCOC(=O)COCCc1cc2cc(Cl)ccc2n1S(=O)(=O)c1ccccc1. The Bertz CT molecular complexity index is 1080. The lowest BCUT2D eigenvalue weighted by Crippen LogP contribution is -2.18. The molecule has 0 spiro atoms. The number of aromatic nitrogens is 1. The van der Waals surface area contributed by atoms with Gasteiger partial charge in [-0.25, -0.2) is 17.2 Å². The number of nitrogens with zero attached hydrogens (tertiary/aromatic N) is 1. The number of esters is 1. The van der Waals surface area contributed by atoms with Gasteiger partial charge in [0.05, 0.1) is 23.6 Å². The highest BCUT2D eigenvalue weighted by atomic mass is 35.5. The zero-order valence-corrected chi connectivity index (χ0v) is 16.9. The van der Waals surface area contributed by atoms with E-state index in [-0.39, 0.29) is 24.7 Å². The largest absolute Gasteiger partial charge is 0.464 e. The van der Waals surface area contributed by atoms with Gasteiger partial charge in [-0.15, -0.1) is 0 Å². The summed E-state index contributed by atoms with van der Waals surface area (Å²) in [4.78, 5) is 11.6. The fraction of sp³-hybridized carbons (Fsp3) is 0.250. The molecule has 6 nitrogen and oxygen atoms in total. The lowest BCUT2D eigenvalue weighted by atomic mass is 10.2. The Kier molecular flexibility index (Phi) is 6.39. The molecule has 0 bridgehead atoms. The van der Waals surface area contributed by atoms with Crippen LogP contribution in [0.1, 0.15) is 12.6 Å². The maximum Gasteiger partial charge on any atom is 0.332 e. The van der Waals surface area contributed by atoms with Crippen molar-refractivity contribution >= 4 is 38.5 Å². The maximum atomic E-state index is 13.3. The average Bonchev–Trinajstić information content (AvgIpc) is 3.04. The van der Waals surface area contributed by atoms with E-state index in [2.05, 4.69) is 0 Å². The molecule has 28 heavy (non-hydrogen) atoms. The number of hydrogen-bond acceptors (Lipinski definition) is 5. The van der Waals surface area contributed by atoms with Crippen molar-refractivity contribution in [3.63, 3.8) is 0 Å². The van der Waals surface area contributed by atoms with E-state index in [1.165, 1.54) is 3.97 Å². The Morgan fingerprint density at radius 1 is 1.11 bits per heavy atom. The lowest BCUT2D eigenvalue weighted by Gasteiger charge is -2.12. The van der Waals surface area contributed by atoms with Crippen LogP contribution in [-0.2, 0) is 30.7 Å². The molecule has 0 aliphatic heterocycles. The normalized spacial score (nSPS) is 11.6. The number of carbonyl (C=O) groups is 1. The van der Waals surface area contributed by atoms with Crippen molar-refractivity contribution in [2.24, 2.45) is 0 Å². The molecule has 148 valence electrons. The predicted octanol–water partition coefficient (Wildman–Crippen LogP) is 3.65. The molecule has 0 radical (unpaired) electrons. The lowest BCUT2D eigenvalue weighted by molar-refractivity contribution is -0.148. The molecule has 0 saturated carbocycles. The summed E-state index contributed by atoms with van der Waals surface area (Å²) in [7, 11) is -3.80. The van der Waals surface area contributed by atoms with Gasteiger partial charge in [-0.2, -0.15) is 0 Å². The van der Waals surface area contributed by atoms with Gasteiger partial charge in [0.1, 0.15) is 6.61 Å². The first-order valence-corrected chi connectivity index (χ1v) is 10.6. The summed E-state index contributed by atoms with van der Waals surface area (Å²) in [6.45, 7) is 2.00. The Hall–Kier alpha value is -2.35. The van der Waals surface area contributed by atoms with E-state index in [1.54, 1.807) is 61.5 Å². The van der Waals surface area contributed by atoms with Crippen LogP contribution in [0, 0.1) is 0 Å². The third-order valence-electron chi connectivity index (χ3n) is 4.10. The van der Waals surface area contributed by atoms with Crippen LogP contribution >= 0.6 is 11.6 Å². The summed E-state index contributed by atoms with van der Waals surface area (Å²) >= 11 is 6.07. The molecule has 0 unspecified atom stereocenters. The van der Waals surface area contributed by atoms with Crippen molar-refractivity contribution in [3.05, 3.63) is 65.3 Å². The topological polar surface area (TPSA) is 74.6 Å². The maximum absolute atomic E-state index is 13.3. The third kappa shape index (κ3) is 4.38. The highest BCUT2D eigenvalue weighted by Crippen LogP contribution is 2.28. The Labute approximate surface area is 168 Å². The minimum Gasteiger partial charge on any atom is -0.464 e. The molecule has 2 aromatic carbocycles. The second-order valence-corrected chi connectivity index (χ2v) is 8.25. The number of halogens is 1. The Morgan fingerprint density at radius 3 is 2.57 bits per heavy atom. The van der Waals surface area contributed by atoms with Gasteiger partial charge in [-0.3, -0.25) is 0 Å². The first-order chi connectivity index (χ1) is 13.4. The van der Waals surface area contributed by atoms with Crippen LogP contribution in [0.4, 0.5) is 0 Å². The average molecular weight is 422 g/mol. The molecule has 0 amide bonds. The van der Waals surface area contributed by atoms with Crippen LogP contribution in [0.15, 0.2) is 59.5 Å². The molecule has 3 aromatic rings. The van der Waals surface area contributed by atoms with E-state index >= 15 is 0 Å². The summed E-state index contributed by atoms with van der Waals surface area (Å²) in [5.74, 6) is -0.452. The van der Waals surface area contributed by atoms with Gasteiger partial charge < -0.3 is 9.47 Å². The second-order valence-electron chi connectivity index (χ2n) is 6.03. The molecular formula is C20H20ClNO5S. The van der Waals surface area contributed by atoms with Gasteiger partial charge in [-0.05, 0) is 43.3 Å². The second kappa shape index (κ2) is 8.77. The third-order valence-corrected chi connectivity index (χ3v) is 6.12. The van der Waals surface area contributed by atoms with Crippen LogP contribution < -0.4 is 0 Å². The molecule has 0 aliphatic carbocycles. The van der Waals surface area contributed by atoms with Crippen LogP contribution in [-0.4, -0.2) is 38.2 Å². The smallest absolute Gasteiger partial charge is 0.332 e. The van der Waals surface area contributed by atoms with Gasteiger partial charge in [0.2, 0.25) is 0 Å². The van der Waals surface area contributed by atoms with E-state index in [1.807, 2.05) is 0 Å². The van der Waals surface area contributed by atoms with Gasteiger partial charge in [0.25, 0.3) is 10.0 Å². The fourth-order valence-electron chi connectivity index (χ4n) is 2.91. The van der Waals surface area contributed by atoms with E-state index < -0.39 is 16.0 Å². The standard InChI is InChI=1S/C20H20ClNO5S/c1-2-27-20(23)14-26-11-10-17-13-15-12-16(21)8-9-19(15)22(17)28(24,25)18-6-4-3-5-7-18/h3-9,12-13H,2,10-11,14H2,1H3. The van der Waals surface area contributed by atoms with E-state index in [9.17, 15) is 13.2 Å².